The molecular formula is C14H24N4O2S. The molecule has 2 atom stereocenters. The number of hydrogen-bond donors (Lipinski definition) is 2. The van der Waals surface area contributed by atoms with Gasteiger partial charge in [-0.1, -0.05) is 6.92 Å². The molecule has 2 saturated carbocycles. The van der Waals surface area contributed by atoms with Crippen molar-refractivity contribution in [2.45, 2.75) is 62.6 Å². The van der Waals surface area contributed by atoms with Gasteiger partial charge in [-0.2, -0.15) is 5.10 Å². The maximum absolute atomic E-state index is 12.3. The number of nitrogens with one attached hydrogen (secondary N) is 2. The summed E-state index contributed by atoms with van der Waals surface area (Å²) in [5.41, 5.74) is 0. The summed E-state index contributed by atoms with van der Waals surface area (Å²) in [6, 6.07) is 0.736. The van der Waals surface area contributed by atoms with Crippen LogP contribution in [-0.2, 0) is 16.6 Å². The van der Waals surface area contributed by atoms with Crippen LogP contribution in [0.4, 0.5) is 0 Å². The zero-order valence-electron chi connectivity index (χ0n) is 12.5. The van der Waals surface area contributed by atoms with Crippen LogP contribution in [0.1, 0.15) is 39.0 Å². The molecule has 21 heavy (non-hydrogen) atoms. The zero-order valence-corrected chi connectivity index (χ0v) is 13.3. The zero-order chi connectivity index (χ0) is 14.9. The lowest BCUT2D eigenvalue weighted by molar-refractivity contribution is 0.537. The first kappa shape index (κ1) is 15.0. The largest absolute Gasteiger partial charge is 0.312 e. The highest BCUT2D eigenvalue weighted by molar-refractivity contribution is 7.89. The second-order valence-electron chi connectivity index (χ2n) is 6.40. The molecule has 2 unspecified atom stereocenters. The summed E-state index contributed by atoms with van der Waals surface area (Å²) in [5.74, 6) is 0.605. The van der Waals surface area contributed by atoms with E-state index in [1.807, 2.05) is 0 Å². The minimum Gasteiger partial charge on any atom is -0.312 e. The van der Waals surface area contributed by atoms with Crippen LogP contribution in [0.15, 0.2) is 17.3 Å². The summed E-state index contributed by atoms with van der Waals surface area (Å²) in [6.45, 7) is 3.70. The fourth-order valence-electron chi connectivity index (χ4n) is 2.88. The average molecular weight is 312 g/mol. The van der Waals surface area contributed by atoms with Crippen LogP contribution >= 0.6 is 0 Å². The molecule has 3 rings (SSSR count). The molecule has 118 valence electrons. The third-order valence-corrected chi connectivity index (χ3v) is 5.76. The molecule has 1 aromatic rings. The number of hydrogen-bond acceptors (Lipinski definition) is 4. The summed E-state index contributed by atoms with van der Waals surface area (Å²) >= 11 is 0. The quantitative estimate of drug-likeness (QED) is 0.790. The monoisotopic (exact) mass is 312 g/mol. The van der Waals surface area contributed by atoms with Crippen molar-refractivity contribution in [2.24, 2.45) is 5.92 Å². The van der Waals surface area contributed by atoms with Gasteiger partial charge in [0.2, 0.25) is 10.0 Å². The Bertz CT molecular complexity index is 580. The molecule has 0 aromatic carbocycles. The van der Waals surface area contributed by atoms with E-state index in [2.05, 4.69) is 22.1 Å². The normalized spacial score (nSPS) is 26.3. The van der Waals surface area contributed by atoms with Gasteiger partial charge in [0.05, 0.1) is 12.7 Å². The van der Waals surface area contributed by atoms with Gasteiger partial charge in [-0.25, -0.2) is 13.1 Å². The maximum atomic E-state index is 12.3. The van der Waals surface area contributed by atoms with Crippen molar-refractivity contribution in [2.75, 3.05) is 6.54 Å². The number of nitrogens with zero attached hydrogens (tertiary/aromatic N) is 2. The van der Waals surface area contributed by atoms with Gasteiger partial charge < -0.3 is 5.32 Å². The lowest BCUT2D eigenvalue weighted by Crippen LogP contribution is -2.32. The van der Waals surface area contributed by atoms with Crippen LogP contribution in [0, 0.1) is 5.92 Å². The molecule has 0 amide bonds. The van der Waals surface area contributed by atoms with Crippen molar-refractivity contribution in [1.82, 2.24) is 19.8 Å². The predicted molar refractivity (Wildman–Crippen MR) is 80.4 cm³/mol. The highest BCUT2D eigenvalue weighted by Crippen LogP contribution is 2.26. The molecule has 2 fully saturated rings. The van der Waals surface area contributed by atoms with E-state index < -0.39 is 10.0 Å². The highest BCUT2D eigenvalue weighted by Gasteiger charge is 2.27. The Morgan fingerprint density at radius 3 is 2.71 bits per heavy atom. The lowest BCUT2D eigenvalue weighted by Gasteiger charge is -2.11. The molecule has 0 saturated heterocycles. The van der Waals surface area contributed by atoms with E-state index in [1.165, 1.54) is 19.0 Å². The second kappa shape index (κ2) is 6.06. The van der Waals surface area contributed by atoms with Crippen molar-refractivity contribution in [3.63, 3.8) is 0 Å². The van der Waals surface area contributed by atoms with Crippen LogP contribution in [0.5, 0.6) is 0 Å². The van der Waals surface area contributed by atoms with E-state index in [0.29, 0.717) is 18.5 Å². The lowest BCUT2D eigenvalue weighted by atomic mass is 10.1. The Hall–Kier alpha value is -0.920. The number of sulfonamides is 1. The molecule has 0 aliphatic heterocycles. The summed E-state index contributed by atoms with van der Waals surface area (Å²) in [5, 5.41) is 7.54. The standard InChI is InChI=1S/C14H24N4O2S/c1-11-2-3-13(8-11)17-21(19,20)14-9-16-18(10-14)7-6-15-12-4-5-12/h9-13,15,17H,2-8H2,1H3. The fraction of sp³-hybridized carbons (Fsp3) is 0.786. The van der Waals surface area contributed by atoms with Crippen LogP contribution in [0.2, 0.25) is 0 Å². The first-order chi connectivity index (χ1) is 10.0. The SMILES string of the molecule is CC1CCC(NS(=O)(=O)c2cnn(CCNC3CC3)c2)C1. The molecule has 1 aromatic heterocycles. The molecule has 2 aliphatic carbocycles. The minimum atomic E-state index is -3.43. The Labute approximate surface area is 126 Å². The van der Waals surface area contributed by atoms with Crippen LogP contribution < -0.4 is 10.0 Å². The Morgan fingerprint density at radius 1 is 1.29 bits per heavy atom. The molecule has 0 bridgehead atoms. The molecule has 0 radical (unpaired) electrons. The third kappa shape index (κ3) is 4.05. The molecule has 6 nitrogen and oxygen atoms in total. The molecule has 0 spiro atoms. The van der Waals surface area contributed by atoms with Crippen molar-refractivity contribution >= 4 is 10.0 Å². The van der Waals surface area contributed by atoms with Gasteiger partial charge in [-0.15, -0.1) is 0 Å². The van der Waals surface area contributed by atoms with Gasteiger partial charge in [-0.3, -0.25) is 4.68 Å². The Morgan fingerprint density at radius 2 is 2.05 bits per heavy atom. The second-order valence-corrected chi connectivity index (χ2v) is 8.12. The summed E-state index contributed by atoms with van der Waals surface area (Å²) < 4.78 is 29.1. The minimum absolute atomic E-state index is 0.0740. The Kier molecular flexibility index (Phi) is 4.33. The molecule has 2 aliphatic rings. The van der Waals surface area contributed by atoms with Crippen LogP contribution in [0.3, 0.4) is 0 Å². The van der Waals surface area contributed by atoms with Crippen LogP contribution in [-0.4, -0.2) is 36.8 Å². The number of rotatable bonds is 7. The first-order valence-electron chi connectivity index (χ1n) is 7.81. The summed E-state index contributed by atoms with van der Waals surface area (Å²) in [7, 11) is -3.43. The van der Waals surface area contributed by atoms with E-state index in [0.717, 1.165) is 25.8 Å². The van der Waals surface area contributed by atoms with E-state index >= 15 is 0 Å². The number of aromatic nitrogens is 2. The Balaban J connectivity index is 1.55. The summed E-state index contributed by atoms with van der Waals surface area (Å²) in [4.78, 5) is 0.272. The molecule has 7 heteroatoms. The van der Waals surface area contributed by atoms with E-state index in [-0.39, 0.29) is 10.9 Å². The topological polar surface area (TPSA) is 76.0 Å². The van der Waals surface area contributed by atoms with Crippen molar-refractivity contribution in [1.29, 1.82) is 0 Å². The van der Waals surface area contributed by atoms with Crippen molar-refractivity contribution < 1.29 is 8.42 Å². The van der Waals surface area contributed by atoms with E-state index in [9.17, 15) is 8.42 Å². The van der Waals surface area contributed by atoms with E-state index in [1.54, 1.807) is 10.9 Å². The summed E-state index contributed by atoms with van der Waals surface area (Å²) in [6.07, 6.45) is 8.52. The van der Waals surface area contributed by atoms with Gasteiger partial charge in [0.25, 0.3) is 0 Å². The van der Waals surface area contributed by atoms with Crippen molar-refractivity contribution in [3.8, 4) is 0 Å². The maximum Gasteiger partial charge on any atom is 0.243 e. The van der Waals surface area contributed by atoms with Gasteiger partial charge in [0.1, 0.15) is 4.90 Å². The van der Waals surface area contributed by atoms with Gasteiger partial charge in [0, 0.05) is 24.8 Å². The molecular weight excluding hydrogens is 288 g/mol. The average Bonchev–Trinajstić information content (AvgIpc) is 2.94. The smallest absolute Gasteiger partial charge is 0.243 e. The van der Waals surface area contributed by atoms with E-state index in [4.69, 9.17) is 0 Å². The highest BCUT2D eigenvalue weighted by atomic mass is 32.2. The predicted octanol–water partition coefficient (Wildman–Crippen LogP) is 1.10. The van der Waals surface area contributed by atoms with Gasteiger partial charge >= 0.3 is 0 Å². The van der Waals surface area contributed by atoms with Gasteiger partial charge in [-0.05, 0) is 38.0 Å². The molecule has 2 N–H and O–H groups in total. The third-order valence-electron chi connectivity index (χ3n) is 4.29. The van der Waals surface area contributed by atoms with Crippen LogP contribution in [0.25, 0.3) is 0 Å². The van der Waals surface area contributed by atoms with Crippen molar-refractivity contribution in [3.05, 3.63) is 12.4 Å². The first-order valence-corrected chi connectivity index (χ1v) is 9.29. The molecule has 1 heterocycles. The van der Waals surface area contributed by atoms with Gasteiger partial charge in [0.15, 0.2) is 0 Å². The fourth-order valence-corrected chi connectivity index (χ4v) is 4.11.